The lowest BCUT2D eigenvalue weighted by atomic mass is 9.88. The van der Waals surface area contributed by atoms with Gasteiger partial charge in [-0.2, -0.15) is 0 Å². The van der Waals surface area contributed by atoms with Gasteiger partial charge in [0.2, 0.25) is 5.79 Å². The summed E-state index contributed by atoms with van der Waals surface area (Å²) in [7, 11) is 0. The Morgan fingerprint density at radius 3 is 2.45 bits per heavy atom. The molecule has 4 N–H and O–H groups in total. The second-order valence-electron chi connectivity index (χ2n) is 7.42. The summed E-state index contributed by atoms with van der Waals surface area (Å²) in [6.45, 7) is 0. The highest BCUT2D eigenvalue weighted by Gasteiger charge is 2.61. The fraction of sp³-hybridized carbons (Fsp3) is 0.0870. The number of phenols is 3. The van der Waals surface area contributed by atoms with E-state index in [1.807, 2.05) is 24.3 Å². The molecule has 2 heterocycles. The van der Waals surface area contributed by atoms with Gasteiger partial charge in [0.15, 0.2) is 0 Å². The number of aliphatic hydroxyl groups is 1. The molecule has 1 aliphatic carbocycles. The van der Waals surface area contributed by atoms with E-state index in [2.05, 4.69) is 0 Å². The maximum atomic E-state index is 11.8. The van der Waals surface area contributed by atoms with Crippen molar-refractivity contribution < 1.29 is 25.2 Å². The van der Waals surface area contributed by atoms with Gasteiger partial charge in [0, 0.05) is 28.8 Å². The lowest BCUT2D eigenvalue weighted by Crippen LogP contribution is -2.37. The van der Waals surface area contributed by atoms with E-state index in [1.165, 1.54) is 12.1 Å². The zero-order valence-electron chi connectivity index (χ0n) is 15.0. The molecule has 29 heavy (non-hydrogen) atoms. The number of benzene rings is 3. The van der Waals surface area contributed by atoms with Gasteiger partial charge in [0.25, 0.3) is 0 Å². The third-order valence-corrected chi connectivity index (χ3v) is 5.76. The number of allylic oxidation sites excluding steroid dienone is 1. The normalized spacial score (nSPS) is 23.2. The van der Waals surface area contributed by atoms with Gasteiger partial charge in [0.1, 0.15) is 28.9 Å². The van der Waals surface area contributed by atoms with E-state index in [0.29, 0.717) is 22.4 Å². The lowest BCUT2D eigenvalue weighted by molar-refractivity contribution is -0.0702. The van der Waals surface area contributed by atoms with Crippen molar-refractivity contribution in [1.29, 1.82) is 0 Å². The van der Waals surface area contributed by atoms with Crippen molar-refractivity contribution in [2.45, 2.75) is 11.7 Å². The van der Waals surface area contributed by atoms with Crippen LogP contribution in [0.15, 0.2) is 65.7 Å². The minimum Gasteiger partial charge on any atom is -0.508 e. The zero-order chi connectivity index (χ0) is 19.9. The Kier molecular flexibility index (Phi) is 2.90. The van der Waals surface area contributed by atoms with E-state index in [9.17, 15) is 20.4 Å². The van der Waals surface area contributed by atoms with E-state index >= 15 is 0 Å². The molecule has 6 rings (SSSR count). The quantitative estimate of drug-likeness (QED) is 0.512. The molecule has 0 amide bonds. The van der Waals surface area contributed by atoms with Crippen molar-refractivity contribution in [2.24, 2.45) is 4.99 Å². The second kappa shape index (κ2) is 5.18. The van der Waals surface area contributed by atoms with E-state index in [-0.39, 0.29) is 23.0 Å². The first-order chi connectivity index (χ1) is 14.0. The third-order valence-electron chi connectivity index (χ3n) is 5.76. The molecule has 2 aliphatic heterocycles. The first-order valence-corrected chi connectivity index (χ1v) is 9.17. The highest BCUT2D eigenvalue weighted by atomic mass is 16.6. The van der Waals surface area contributed by atoms with Crippen LogP contribution in [0.5, 0.6) is 23.0 Å². The number of nitrogens with zero attached hydrogens (tertiary/aromatic N) is 1. The minimum atomic E-state index is -1.80. The predicted octanol–water partition coefficient (Wildman–Crippen LogP) is 3.68. The topological polar surface area (TPSA) is 103 Å². The van der Waals surface area contributed by atoms with Crippen LogP contribution in [0.2, 0.25) is 0 Å². The summed E-state index contributed by atoms with van der Waals surface area (Å²) in [5.74, 6) is -2.54. The van der Waals surface area contributed by atoms with Crippen LogP contribution in [0.3, 0.4) is 0 Å². The number of hydrogen-bond donors (Lipinski definition) is 4. The first-order valence-electron chi connectivity index (χ1n) is 9.17. The van der Waals surface area contributed by atoms with Crippen LogP contribution in [0.1, 0.15) is 22.6 Å². The molecule has 6 heteroatoms. The van der Waals surface area contributed by atoms with Gasteiger partial charge < -0.3 is 25.2 Å². The Morgan fingerprint density at radius 1 is 0.897 bits per heavy atom. The molecule has 3 aromatic carbocycles. The second-order valence-corrected chi connectivity index (χ2v) is 7.42. The number of phenolic OH excluding ortho intramolecular Hbond substituents is 3. The van der Waals surface area contributed by atoms with Crippen molar-refractivity contribution in [3.63, 3.8) is 0 Å². The molecule has 2 atom stereocenters. The Balaban J connectivity index is 1.68. The van der Waals surface area contributed by atoms with Crippen molar-refractivity contribution in [3.8, 4) is 23.0 Å². The van der Waals surface area contributed by atoms with Gasteiger partial charge in [-0.3, -0.25) is 4.99 Å². The molecule has 0 unspecified atom stereocenters. The van der Waals surface area contributed by atoms with E-state index in [1.54, 1.807) is 24.3 Å². The SMILES string of the molecule is Oc1ccc(C2=C3C(=Nc4ccccc43)[C@@H]3c4c(O)cc(O)cc4O[C@]23O)cc1. The van der Waals surface area contributed by atoms with E-state index < -0.39 is 11.7 Å². The molecule has 3 aromatic rings. The Labute approximate surface area is 165 Å². The number of ether oxygens (including phenoxy) is 1. The smallest absolute Gasteiger partial charge is 0.249 e. The fourth-order valence-corrected chi connectivity index (χ4v) is 4.65. The number of fused-ring (bicyclic) bond motifs is 7. The standard InChI is InChI=1S/C23H15NO5/c25-12-7-5-11(6-8-12)20-18-14-3-1-2-4-15(14)24-22(18)21-19-16(27)9-13(26)10-17(19)29-23(20,21)28/h1-10,21,25-28H/t21-,23+/m0/s1. The number of para-hydroxylation sites is 1. The number of aromatic hydroxyl groups is 3. The maximum absolute atomic E-state index is 11.8. The first kappa shape index (κ1) is 16.2. The minimum absolute atomic E-state index is 0.111. The predicted molar refractivity (Wildman–Crippen MR) is 107 cm³/mol. The lowest BCUT2D eigenvalue weighted by Gasteiger charge is -2.26. The van der Waals surface area contributed by atoms with Crippen LogP contribution in [0, 0.1) is 0 Å². The third kappa shape index (κ3) is 1.96. The highest BCUT2D eigenvalue weighted by molar-refractivity contribution is 6.41. The van der Waals surface area contributed by atoms with Crippen LogP contribution in [-0.2, 0) is 0 Å². The molecule has 142 valence electrons. The summed E-state index contributed by atoms with van der Waals surface area (Å²) >= 11 is 0. The summed E-state index contributed by atoms with van der Waals surface area (Å²) in [4.78, 5) is 4.75. The van der Waals surface area contributed by atoms with Gasteiger partial charge in [-0.1, -0.05) is 30.3 Å². The van der Waals surface area contributed by atoms with Gasteiger partial charge in [-0.05, 0) is 23.8 Å². The van der Waals surface area contributed by atoms with Crippen molar-refractivity contribution in [2.75, 3.05) is 0 Å². The van der Waals surface area contributed by atoms with Crippen LogP contribution in [0.4, 0.5) is 5.69 Å². The summed E-state index contributed by atoms with van der Waals surface area (Å²) in [6, 6.07) is 16.7. The number of aliphatic imine (C=N–C) groups is 1. The Hall–Kier alpha value is -3.77. The molecular weight excluding hydrogens is 370 g/mol. The monoisotopic (exact) mass is 385 g/mol. The average Bonchev–Trinajstić information content (AvgIpc) is 3.25. The molecule has 0 radical (unpaired) electrons. The largest absolute Gasteiger partial charge is 0.508 e. The van der Waals surface area contributed by atoms with Gasteiger partial charge in [0.05, 0.1) is 17.0 Å². The Morgan fingerprint density at radius 2 is 1.66 bits per heavy atom. The van der Waals surface area contributed by atoms with Crippen LogP contribution in [0.25, 0.3) is 11.1 Å². The van der Waals surface area contributed by atoms with Crippen LogP contribution >= 0.6 is 0 Å². The van der Waals surface area contributed by atoms with Crippen molar-refractivity contribution >= 4 is 22.5 Å². The summed E-state index contributed by atoms with van der Waals surface area (Å²) in [5, 5.41) is 41.9. The van der Waals surface area contributed by atoms with Crippen molar-refractivity contribution in [1.82, 2.24) is 0 Å². The molecule has 3 aliphatic rings. The summed E-state index contributed by atoms with van der Waals surface area (Å²) in [6.07, 6.45) is 0. The summed E-state index contributed by atoms with van der Waals surface area (Å²) < 4.78 is 5.96. The Bertz CT molecular complexity index is 1270. The van der Waals surface area contributed by atoms with Gasteiger partial charge in [-0.25, -0.2) is 0 Å². The average molecular weight is 385 g/mol. The molecule has 0 saturated carbocycles. The molecule has 0 saturated heterocycles. The van der Waals surface area contributed by atoms with Crippen LogP contribution < -0.4 is 4.74 Å². The highest BCUT2D eigenvalue weighted by Crippen LogP contribution is 2.63. The molecule has 0 aromatic heterocycles. The summed E-state index contributed by atoms with van der Waals surface area (Å²) in [5.41, 5.74) is 4.60. The zero-order valence-corrected chi connectivity index (χ0v) is 15.0. The van der Waals surface area contributed by atoms with E-state index in [4.69, 9.17) is 9.73 Å². The number of hydrogen-bond acceptors (Lipinski definition) is 6. The fourth-order valence-electron chi connectivity index (χ4n) is 4.65. The van der Waals surface area contributed by atoms with E-state index in [0.717, 1.165) is 16.8 Å². The van der Waals surface area contributed by atoms with Gasteiger partial charge in [-0.15, -0.1) is 0 Å². The molecule has 0 fully saturated rings. The number of rotatable bonds is 1. The maximum Gasteiger partial charge on any atom is 0.249 e. The van der Waals surface area contributed by atoms with Crippen molar-refractivity contribution in [3.05, 3.63) is 77.4 Å². The molecular formula is C23H15NO5. The van der Waals surface area contributed by atoms with Crippen LogP contribution in [-0.4, -0.2) is 31.9 Å². The molecule has 6 nitrogen and oxygen atoms in total. The molecule has 0 bridgehead atoms. The van der Waals surface area contributed by atoms with Gasteiger partial charge >= 0.3 is 0 Å². The molecule has 0 spiro atoms.